The predicted molar refractivity (Wildman–Crippen MR) is 71.1 cm³/mol. The number of nitrogens with zero attached hydrogens (tertiary/aromatic N) is 2. The van der Waals surface area contributed by atoms with Crippen molar-refractivity contribution in [3.63, 3.8) is 0 Å². The lowest BCUT2D eigenvalue weighted by atomic mass is 10.0. The van der Waals surface area contributed by atoms with Crippen LogP contribution in [0.5, 0.6) is 0 Å². The van der Waals surface area contributed by atoms with Crippen LogP contribution in [-0.2, 0) is 0 Å². The first-order valence-corrected chi connectivity index (χ1v) is 6.69. The Labute approximate surface area is 108 Å². The van der Waals surface area contributed by atoms with Gasteiger partial charge in [0.25, 0.3) is 5.91 Å². The third kappa shape index (κ3) is 2.53. The molecule has 1 amide bonds. The van der Waals surface area contributed by atoms with Gasteiger partial charge in [0.2, 0.25) is 0 Å². The van der Waals surface area contributed by atoms with E-state index >= 15 is 0 Å². The summed E-state index contributed by atoms with van der Waals surface area (Å²) in [4.78, 5) is 18.4. The van der Waals surface area contributed by atoms with E-state index in [9.17, 15) is 4.79 Å². The lowest BCUT2D eigenvalue weighted by Gasteiger charge is -2.31. The third-order valence-electron chi connectivity index (χ3n) is 3.83. The molecule has 1 aliphatic carbocycles. The Balaban J connectivity index is 2.16. The highest BCUT2D eigenvalue weighted by Crippen LogP contribution is 2.30. The molecule has 1 heterocycles. The van der Waals surface area contributed by atoms with Gasteiger partial charge in [-0.15, -0.1) is 0 Å². The normalized spacial score (nSPS) is 23.0. The minimum absolute atomic E-state index is 0.0796. The van der Waals surface area contributed by atoms with Crippen LogP contribution >= 0.6 is 0 Å². The van der Waals surface area contributed by atoms with Crippen molar-refractivity contribution in [3.05, 3.63) is 30.1 Å². The lowest BCUT2D eigenvalue weighted by molar-refractivity contribution is 0.0651. The number of pyridine rings is 1. The molecule has 0 aliphatic heterocycles. The SMILES string of the molecule is CCN(C(=O)c1cccnc1)C1CCCC1CN. The molecule has 2 unspecified atom stereocenters. The van der Waals surface area contributed by atoms with Gasteiger partial charge in [-0.3, -0.25) is 9.78 Å². The third-order valence-corrected chi connectivity index (χ3v) is 3.83. The number of aromatic nitrogens is 1. The highest BCUT2D eigenvalue weighted by molar-refractivity contribution is 5.94. The van der Waals surface area contributed by atoms with Crippen molar-refractivity contribution in [2.24, 2.45) is 11.7 Å². The molecular weight excluding hydrogens is 226 g/mol. The van der Waals surface area contributed by atoms with Gasteiger partial charge < -0.3 is 10.6 Å². The molecule has 0 bridgehead atoms. The highest BCUT2D eigenvalue weighted by Gasteiger charge is 2.33. The molecule has 98 valence electrons. The Bertz CT molecular complexity index is 393. The van der Waals surface area contributed by atoms with Gasteiger partial charge in [-0.25, -0.2) is 0 Å². The molecule has 2 rings (SSSR count). The molecular formula is C14H21N3O. The molecule has 1 aromatic heterocycles. The smallest absolute Gasteiger partial charge is 0.255 e. The number of rotatable bonds is 4. The van der Waals surface area contributed by atoms with Crippen LogP contribution in [-0.4, -0.2) is 34.9 Å². The summed E-state index contributed by atoms with van der Waals surface area (Å²) in [6, 6.07) is 3.92. The molecule has 0 saturated heterocycles. The molecule has 1 aromatic rings. The quantitative estimate of drug-likeness (QED) is 0.880. The molecule has 2 N–H and O–H groups in total. The number of nitrogens with two attached hydrogens (primary N) is 1. The first-order valence-electron chi connectivity index (χ1n) is 6.69. The average molecular weight is 247 g/mol. The summed E-state index contributed by atoms with van der Waals surface area (Å²) in [6.07, 6.45) is 6.70. The Kier molecular flexibility index (Phi) is 4.31. The van der Waals surface area contributed by atoms with Crippen molar-refractivity contribution >= 4 is 5.91 Å². The summed E-state index contributed by atoms with van der Waals surface area (Å²) in [6.45, 7) is 3.43. The van der Waals surface area contributed by atoms with Crippen molar-refractivity contribution < 1.29 is 4.79 Å². The molecule has 4 nitrogen and oxygen atoms in total. The van der Waals surface area contributed by atoms with E-state index in [1.54, 1.807) is 18.5 Å². The van der Waals surface area contributed by atoms with E-state index in [-0.39, 0.29) is 5.91 Å². The van der Waals surface area contributed by atoms with Gasteiger partial charge in [-0.1, -0.05) is 6.42 Å². The first-order chi connectivity index (χ1) is 8.77. The highest BCUT2D eigenvalue weighted by atomic mass is 16.2. The van der Waals surface area contributed by atoms with Gasteiger partial charge in [-0.05, 0) is 44.4 Å². The molecule has 0 aromatic carbocycles. The number of carbonyl (C=O) groups excluding carboxylic acids is 1. The van der Waals surface area contributed by atoms with Crippen LogP contribution < -0.4 is 5.73 Å². The Morgan fingerprint density at radius 2 is 2.39 bits per heavy atom. The maximum Gasteiger partial charge on any atom is 0.255 e. The molecule has 4 heteroatoms. The summed E-state index contributed by atoms with van der Waals surface area (Å²) in [5.74, 6) is 0.529. The number of hydrogen-bond donors (Lipinski definition) is 1. The van der Waals surface area contributed by atoms with E-state index in [1.165, 1.54) is 6.42 Å². The van der Waals surface area contributed by atoms with Crippen LogP contribution in [0.1, 0.15) is 36.5 Å². The van der Waals surface area contributed by atoms with Gasteiger partial charge >= 0.3 is 0 Å². The van der Waals surface area contributed by atoms with Crippen LogP contribution in [0.15, 0.2) is 24.5 Å². The Hall–Kier alpha value is -1.42. The van der Waals surface area contributed by atoms with Crippen LogP contribution in [0, 0.1) is 5.92 Å². The molecule has 1 aliphatic rings. The Morgan fingerprint density at radius 1 is 1.56 bits per heavy atom. The molecule has 2 atom stereocenters. The monoisotopic (exact) mass is 247 g/mol. The zero-order valence-corrected chi connectivity index (χ0v) is 10.9. The van der Waals surface area contributed by atoms with Crippen molar-refractivity contribution in [3.8, 4) is 0 Å². The van der Waals surface area contributed by atoms with E-state index in [1.807, 2.05) is 17.9 Å². The van der Waals surface area contributed by atoms with E-state index < -0.39 is 0 Å². The molecule has 1 saturated carbocycles. The number of amides is 1. The lowest BCUT2D eigenvalue weighted by Crippen LogP contribution is -2.44. The maximum atomic E-state index is 12.5. The molecule has 1 fully saturated rings. The Morgan fingerprint density at radius 3 is 3.00 bits per heavy atom. The van der Waals surface area contributed by atoms with Gasteiger partial charge in [0, 0.05) is 25.0 Å². The van der Waals surface area contributed by atoms with E-state index in [2.05, 4.69) is 4.98 Å². The zero-order valence-electron chi connectivity index (χ0n) is 10.9. The van der Waals surface area contributed by atoms with E-state index in [4.69, 9.17) is 5.73 Å². The topological polar surface area (TPSA) is 59.2 Å². The van der Waals surface area contributed by atoms with Crippen molar-refractivity contribution in [2.75, 3.05) is 13.1 Å². The summed E-state index contributed by atoms with van der Waals surface area (Å²) < 4.78 is 0. The van der Waals surface area contributed by atoms with Gasteiger partial charge in [0.05, 0.1) is 5.56 Å². The van der Waals surface area contributed by atoms with Crippen LogP contribution in [0.2, 0.25) is 0 Å². The minimum Gasteiger partial charge on any atom is -0.336 e. The average Bonchev–Trinajstić information content (AvgIpc) is 2.89. The van der Waals surface area contributed by atoms with Crippen molar-refractivity contribution in [1.29, 1.82) is 0 Å². The second-order valence-corrected chi connectivity index (χ2v) is 4.83. The van der Waals surface area contributed by atoms with E-state index in [0.29, 0.717) is 24.1 Å². The summed E-state index contributed by atoms with van der Waals surface area (Å²) in [7, 11) is 0. The predicted octanol–water partition coefficient (Wildman–Crippen LogP) is 1.67. The van der Waals surface area contributed by atoms with Crippen molar-refractivity contribution in [1.82, 2.24) is 9.88 Å². The van der Waals surface area contributed by atoms with Gasteiger partial charge in [0.15, 0.2) is 0 Å². The van der Waals surface area contributed by atoms with Crippen molar-refractivity contribution in [2.45, 2.75) is 32.2 Å². The van der Waals surface area contributed by atoms with Crippen LogP contribution in [0.3, 0.4) is 0 Å². The zero-order chi connectivity index (χ0) is 13.0. The number of carbonyl (C=O) groups is 1. The van der Waals surface area contributed by atoms with E-state index in [0.717, 1.165) is 19.4 Å². The van der Waals surface area contributed by atoms with Gasteiger partial charge in [-0.2, -0.15) is 0 Å². The maximum absolute atomic E-state index is 12.5. The standard InChI is InChI=1S/C14H21N3O/c1-2-17(13-7-3-5-11(13)9-15)14(18)12-6-4-8-16-10-12/h4,6,8,10-11,13H,2-3,5,7,9,15H2,1H3. The fourth-order valence-corrected chi connectivity index (χ4v) is 2.89. The summed E-state index contributed by atoms with van der Waals surface area (Å²) >= 11 is 0. The van der Waals surface area contributed by atoms with Crippen LogP contribution in [0.25, 0.3) is 0 Å². The molecule has 0 spiro atoms. The van der Waals surface area contributed by atoms with Gasteiger partial charge in [0.1, 0.15) is 0 Å². The second-order valence-electron chi connectivity index (χ2n) is 4.83. The van der Waals surface area contributed by atoms with Crippen LogP contribution in [0.4, 0.5) is 0 Å². The summed E-state index contributed by atoms with van der Waals surface area (Å²) in [5, 5.41) is 0. The minimum atomic E-state index is 0.0796. The summed E-state index contributed by atoms with van der Waals surface area (Å²) in [5.41, 5.74) is 6.47. The number of hydrogen-bond acceptors (Lipinski definition) is 3. The first kappa shape index (κ1) is 13.0. The largest absolute Gasteiger partial charge is 0.336 e. The second kappa shape index (κ2) is 5.96. The molecule has 18 heavy (non-hydrogen) atoms. The fourth-order valence-electron chi connectivity index (χ4n) is 2.89. The fraction of sp³-hybridized carbons (Fsp3) is 0.571. The molecule has 0 radical (unpaired) electrons.